The molecule has 0 aliphatic carbocycles. The fraction of sp³-hybridized carbons (Fsp3) is 0.562. The van der Waals surface area contributed by atoms with E-state index in [1.165, 1.54) is 16.8 Å². The Morgan fingerprint density at radius 3 is 2.70 bits per heavy atom. The molecule has 0 atom stereocenters. The maximum Gasteiger partial charge on any atom is 0.222 e. The topological polar surface area (TPSA) is 41.6 Å². The van der Waals surface area contributed by atoms with Crippen LogP contribution in [0.5, 0.6) is 0 Å². The number of ether oxygens (including phenoxy) is 1. The Morgan fingerprint density at radius 1 is 1.40 bits per heavy atom. The van der Waals surface area contributed by atoms with E-state index in [2.05, 4.69) is 35.3 Å². The molecule has 4 heteroatoms. The zero-order valence-electron chi connectivity index (χ0n) is 12.6. The first kappa shape index (κ1) is 14.9. The van der Waals surface area contributed by atoms with Crippen molar-refractivity contribution < 1.29 is 9.53 Å². The SMILES string of the molecule is CNC(=O)C1CCN(c2ccc(C)c(COC)c2)CC1. The van der Waals surface area contributed by atoms with Crippen molar-refractivity contribution >= 4 is 11.6 Å². The summed E-state index contributed by atoms with van der Waals surface area (Å²) in [5.74, 6) is 0.341. The van der Waals surface area contributed by atoms with Gasteiger partial charge in [0.1, 0.15) is 0 Å². The van der Waals surface area contributed by atoms with E-state index in [-0.39, 0.29) is 11.8 Å². The van der Waals surface area contributed by atoms with Gasteiger partial charge in [-0.1, -0.05) is 6.07 Å². The van der Waals surface area contributed by atoms with Crippen LogP contribution in [0.25, 0.3) is 0 Å². The highest BCUT2D eigenvalue weighted by Crippen LogP contribution is 2.25. The summed E-state index contributed by atoms with van der Waals surface area (Å²) in [6, 6.07) is 6.52. The Balaban J connectivity index is 2.03. The highest BCUT2D eigenvalue weighted by Gasteiger charge is 2.24. The highest BCUT2D eigenvalue weighted by molar-refractivity contribution is 5.78. The van der Waals surface area contributed by atoms with Crippen LogP contribution in [0.2, 0.25) is 0 Å². The van der Waals surface area contributed by atoms with Crippen molar-refractivity contribution in [1.82, 2.24) is 5.32 Å². The van der Waals surface area contributed by atoms with Gasteiger partial charge in [0.15, 0.2) is 0 Å². The average Bonchev–Trinajstić information content (AvgIpc) is 2.49. The second kappa shape index (κ2) is 6.75. The summed E-state index contributed by atoms with van der Waals surface area (Å²) in [5.41, 5.74) is 3.73. The third-order valence-electron chi connectivity index (χ3n) is 4.11. The minimum atomic E-state index is 0.167. The number of carbonyl (C=O) groups is 1. The maximum absolute atomic E-state index is 11.6. The zero-order valence-corrected chi connectivity index (χ0v) is 12.6. The third kappa shape index (κ3) is 3.31. The Hall–Kier alpha value is -1.55. The van der Waals surface area contributed by atoms with E-state index < -0.39 is 0 Å². The predicted molar refractivity (Wildman–Crippen MR) is 80.9 cm³/mol. The molecular formula is C16H24N2O2. The lowest BCUT2D eigenvalue weighted by atomic mass is 9.95. The summed E-state index contributed by atoms with van der Waals surface area (Å²) < 4.78 is 5.24. The lowest BCUT2D eigenvalue weighted by Crippen LogP contribution is -2.39. The van der Waals surface area contributed by atoms with Crippen molar-refractivity contribution in [3.63, 3.8) is 0 Å². The van der Waals surface area contributed by atoms with E-state index in [9.17, 15) is 4.79 Å². The number of hydrogen-bond acceptors (Lipinski definition) is 3. The summed E-state index contributed by atoms with van der Waals surface area (Å²) in [6.45, 7) is 4.63. The van der Waals surface area contributed by atoms with Crippen LogP contribution in [0, 0.1) is 12.8 Å². The van der Waals surface area contributed by atoms with Crippen molar-refractivity contribution in [1.29, 1.82) is 0 Å². The number of aryl methyl sites for hydroxylation is 1. The monoisotopic (exact) mass is 276 g/mol. The van der Waals surface area contributed by atoms with Gasteiger partial charge in [-0.05, 0) is 43.0 Å². The van der Waals surface area contributed by atoms with Crippen LogP contribution in [-0.2, 0) is 16.1 Å². The number of nitrogens with zero attached hydrogens (tertiary/aromatic N) is 1. The Morgan fingerprint density at radius 2 is 2.10 bits per heavy atom. The fourth-order valence-corrected chi connectivity index (χ4v) is 2.77. The maximum atomic E-state index is 11.6. The number of nitrogens with one attached hydrogen (secondary N) is 1. The van der Waals surface area contributed by atoms with Crippen molar-refractivity contribution in [3.05, 3.63) is 29.3 Å². The van der Waals surface area contributed by atoms with Gasteiger partial charge in [-0.15, -0.1) is 0 Å². The molecule has 1 aromatic rings. The van der Waals surface area contributed by atoms with Gasteiger partial charge >= 0.3 is 0 Å². The standard InChI is InChI=1S/C16H24N2O2/c1-12-4-5-15(10-14(12)11-20-3)18-8-6-13(7-9-18)16(19)17-2/h4-5,10,13H,6-9,11H2,1-3H3,(H,17,19). The normalized spacial score (nSPS) is 16.2. The molecule has 1 saturated heterocycles. The Kier molecular flexibility index (Phi) is 5.01. The molecule has 0 saturated carbocycles. The molecule has 110 valence electrons. The molecule has 1 fully saturated rings. The summed E-state index contributed by atoms with van der Waals surface area (Å²) in [6.07, 6.45) is 1.85. The molecule has 0 spiro atoms. The summed E-state index contributed by atoms with van der Waals surface area (Å²) in [4.78, 5) is 14.0. The molecule has 1 amide bonds. The Bertz CT molecular complexity index is 466. The predicted octanol–water partition coefficient (Wildman–Crippen LogP) is 2.10. The van der Waals surface area contributed by atoms with Crippen LogP contribution in [0.4, 0.5) is 5.69 Å². The molecule has 0 radical (unpaired) electrons. The molecule has 0 aromatic heterocycles. The summed E-state index contributed by atoms with van der Waals surface area (Å²) in [5, 5.41) is 2.75. The van der Waals surface area contributed by atoms with Crippen LogP contribution in [-0.4, -0.2) is 33.2 Å². The lowest BCUT2D eigenvalue weighted by Gasteiger charge is -2.33. The summed E-state index contributed by atoms with van der Waals surface area (Å²) in [7, 11) is 3.44. The van der Waals surface area contributed by atoms with E-state index >= 15 is 0 Å². The van der Waals surface area contributed by atoms with Gasteiger partial charge in [-0.25, -0.2) is 0 Å². The van der Waals surface area contributed by atoms with Gasteiger partial charge in [-0.3, -0.25) is 4.79 Å². The highest BCUT2D eigenvalue weighted by atomic mass is 16.5. The fourth-order valence-electron chi connectivity index (χ4n) is 2.77. The summed E-state index contributed by atoms with van der Waals surface area (Å²) >= 11 is 0. The third-order valence-corrected chi connectivity index (χ3v) is 4.11. The van der Waals surface area contributed by atoms with Crippen molar-refractivity contribution in [2.24, 2.45) is 5.92 Å². The number of methoxy groups -OCH3 is 1. The molecule has 20 heavy (non-hydrogen) atoms. The molecule has 1 aliphatic rings. The molecule has 0 bridgehead atoms. The van der Waals surface area contributed by atoms with E-state index in [0.717, 1.165) is 25.9 Å². The second-order valence-electron chi connectivity index (χ2n) is 5.42. The second-order valence-corrected chi connectivity index (χ2v) is 5.42. The van der Waals surface area contributed by atoms with E-state index in [4.69, 9.17) is 4.74 Å². The van der Waals surface area contributed by atoms with Crippen LogP contribution >= 0.6 is 0 Å². The van der Waals surface area contributed by atoms with E-state index in [1.807, 2.05) is 0 Å². The van der Waals surface area contributed by atoms with Gasteiger partial charge in [0, 0.05) is 38.9 Å². The number of hydrogen-bond donors (Lipinski definition) is 1. The molecule has 1 N–H and O–H groups in total. The van der Waals surface area contributed by atoms with Crippen molar-refractivity contribution in [2.45, 2.75) is 26.4 Å². The molecule has 1 aliphatic heterocycles. The first-order valence-electron chi connectivity index (χ1n) is 7.20. The molecule has 2 rings (SSSR count). The lowest BCUT2D eigenvalue weighted by molar-refractivity contribution is -0.125. The van der Waals surface area contributed by atoms with Gasteiger partial charge < -0.3 is 15.0 Å². The van der Waals surface area contributed by atoms with Crippen LogP contribution in [0.3, 0.4) is 0 Å². The van der Waals surface area contributed by atoms with Crippen molar-refractivity contribution in [2.75, 3.05) is 32.1 Å². The minimum Gasteiger partial charge on any atom is -0.380 e. The minimum absolute atomic E-state index is 0.167. The van der Waals surface area contributed by atoms with Gasteiger partial charge in [0.05, 0.1) is 6.61 Å². The number of rotatable bonds is 4. The molecule has 0 unspecified atom stereocenters. The van der Waals surface area contributed by atoms with Gasteiger partial charge in [-0.2, -0.15) is 0 Å². The number of carbonyl (C=O) groups excluding carboxylic acids is 1. The molecule has 1 aromatic carbocycles. The quantitative estimate of drug-likeness (QED) is 0.915. The van der Waals surface area contributed by atoms with Gasteiger partial charge in [0.2, 0.25) is 5.91 Å². The van der Waals surface area contributed by atoms with Crippen LogP contribution in [0.1, 0.15) is 24.0 Å². The average molecular weight is 276 g/mol. The first-order valence-corrected chi connectivity index (χ1v) is 7.20. The number of amides is 1. The van der Waals surface area contributed by atoms with Crippen LogP contribution < -0.4 is 10.2 Å². The largest absolute Gasteiger partial charge is 0.380 e. The molecule has 1 heterocycles. The van der Waals surface area contributed by atoms with Crippen molar-refractivity contribution in [3.8, 4) is 0 Å². The van der Waals surface area contributed by atoms with E-state index in [0.29, 0.717) is 6.61 Å². The molecular weight excluding hydrogens is 252 g/mol. The molecule has 4 nitrogen and oxygen atoms in total. The zero-order chi connectivity index (χ0) is 14.5. The smallest absolute Gasteiger partial charge is 0.222 e. The number of piperidine rings is 1. The Labute approximate surface area is 121 Å². The first-order chi connectivity index (χ1) is 9.65. The van der Waals surface area contributed by atoms with Gasteiger partial charge in [0.25, 0.3) is 0 Å². The number of benzene rings is 1. The number of anilines is 1. The van der Waals surface area contributed by atoms with Crippen LogP contribution in [0.15, 0.2) is 18.2 Å². The van der Waals surface area contributed by atoms with E-state index in [1.54, 1.807) is 14.2 Å².